The highest BCUT2D eigenvalue weighted by atomic mass is 16.5. The zero-order valence-electron chi connectivity index (χ0n) is 13.3. The van der Waals surface area contributed by atoms with Crippen LogP contribution in [-0.2, 0) is 9.53 Å². The molecule has 0 saturated carbocycles. The molecule has 0 aliphatic carbocycles. The maximum atomic E-state index is 12.2. The smallest absolute Gasteiger partial charge is 0.375 e. The molecule has 0 spiro atoms. The third-order valence-electron chi connectivity index (χ3n) is 3.84. The van der Waals surface area contributed by atoms with Gasteiger partial charge in [-0.15, -0.1) is 0 Å². The fourth-order valence-corrected chi connectivity index (χ4v) is 2.47. The molecule has 1 heterocycles. The lowest BCUT2D eigenvalue weighted by atomic mass is 10.1. The van der Waals surface area contributed by atoms with Crippen molar-refractivity contribution >= 4 is 33.6 Å². The molecule has 0 atom stereocenters. The number of nitrogens with zero attached hydrogens (tertiary/aromatic N) is 1. The van der Waals surface area contributed by atoms with E-state index in [-0.39, 0.29) is 18.3 Å². The predicted octanol–water partition coefficient (Wildman–Crippen LogP) is 3.14. The summed E-state index contributed by atoms with van der Waals surface area (Å²) in [6.07, 6.45) is 0. The molecule has 0 aliphatic rings. The summed E-state index contributed by atoms with van der Waals surface area (Å²) in [5.74, 6) is -0.765. The van der Waals surface area contributed by atoms with Crippen LogP contribution in [0.5, 0.6) is 0 Å². The Hall–Kier alpha value is -2.82. The zero-order chi connectivity index (χ0) is 16.6. The van der Waals surface area contributed by atoms with Crippen molar-refractivity contribution in [1.29, 1.82) is 0 Å². The maximum absolute atomic E-state index is 12.2. The third kappa shape index (κ3) is 2.65. The van der Waals surface area contributed by atoms with Gasteiger partial charge < -0.3 is 14.1 Å². The molecule has 1 amide bonds. The molecule has 0 radical (unpaired) electrons. The zero-order valence-corrected chi connectivity index (χ0v) is 13.3. The van der Waals surface area contributed by atoms with Crippen LogP contribution < -0.4 is 0 Å². The first-order chi connectivity index (χ1) is 11.0. The number of fused-ring (bicyclic) bond motifs is 3. The van der Waals surface area contributed by atoms with E-state index in [2.05, 4.69) is 0 Å². The van der Waals surface area contributed by atoms with Crippen molar-refractivity contribution < 1.29 is 18.7 Å². The average molecular weight is 311 g/mol. The largest absolute Gasteiger partial charge is 0.450 e. The molecule has 1 aromatic heterocycles. The van der Waals surface area contributed by atoms with Gasteiger partial charge in [0.1, 0.15) is 5.58 Å². The summed E-state index contributed by atoms with van der Waals surface area (Å²) in [5, 5.41) is 2.85. The number of carbonyl (C=O) groups is 2. The SMILES string of the molecule is Cc1c(C(=O)OCC(=O)N(C)C)oc2c1ccc1ccccc12. The summed E-state index contributed by atoms with van der Waals surface area (Å²) >= 11 is 0. The first-order valence-electron chi connectivity index (χ1n) is 7.27. The second-order valence-electron chi connectivity index (χ2n) is 5.58. The molecule has 0 aliphatic heterocycles. The van der Waals surface area contributed by atoms with Gasteiger partial charge in [-0.05, 0) is 12.3 Å². The van der Waals surface area contributed by atoms with Crippen LogP contribution >= 0.6 is 0 Å². The number of esters is 1. The molecule has 23 heavy (non-hydrogen) atoms. The van der Waals surface area contributed by atoms with Gasteiger partial charge in [-0.3, -0.25) is 4.79 Å². The summed E-state index contributed by atoms with van der Waals surface area (Å²) < 4.78 is 10.8. The molecule has 5 nitrogen and oxygen atoms in total. The van der Waals surface area contributed by atoms with Gasteiger partial charge in [-0.1, -0.05) is 36.4 Å². The van der Waals surface area contributed by atoms with Crippen molar-refractivity contribution in [3.63, 3.8) is 0 Å². The van der Waals surface area contributed by atoms with Crippen molar-refractivity contribution in [3.05, 3.63) is 47.7 Å². The Morgan fingerprint density at radius 2 is 1.83 bits per heavy atom. The van der Waals surface area contributed by atoms with Crippen LogP contribution in [0, 0.1) is 6.92 Å². The average Bonchev–Trinajstić information content (AvgIpc) is 2.89. The van der Waals surface area contributed by atoms with E-state index < -0.39 is 5.97 Å². The van der Waals surface area contributed by atoms with Crippen molar-refractivity contribution in [3.8, 4) is 0 Å². The normalized spacial score (nSPS) is 10.9. The molecule has 118 valence electrons. The van der Waals surface area contributed by atoms with Gasteiger partial charge in [0.2, 0.25) is 5.76 Å². The van der Waals surface area contributed by atoms with Gasteiger partial charge in [-0.2, -0.15) is 0 Å². The van der Waals surface area contributed by atoms with Crippen LogP contribution in [0.3, 0.4) is 0 Å². The van der Waals surface area contributed by atoms with E-state index in [0.717, 1.165) is 16.2 Å². The second kappa shape index (κ2) is 5.76. The summed E-state index contributed by atoms with van der Waals surface area (Å²) in [7, 11) is 3.21. The highest BCUT2D eigenvalue weighted by Crippen LogP contribution is 2.31. The highest BCUT2D eigenvalue weighted by molar-refractivity contribution is 6.08. The van der Waals surface area contributed by atoms with Gasteiger partial charge in [0.15, 0.2) is 6.61 Å². The molecule has 0 bridgehead atoms. The molecule has 0 unspecified atom stereocenters. The Labute approximate surface area is 133 Å². The summed E-state index contributed by atoms with van der Waals surface area (Å²) in [6, 6.07) is 11.7. The first kappa shape index (κ1) is 15.1. The number of amides is 1. The minimum absolute atomic E-state index is 0.142. The fraction of sp³-hybridized carbons (Fsp3) is 0.222. The molecule has 3 aromatic rings. The Kier molecular flexibility index (Phi) is 3.78. The molecule has 0 saturated heterocycles. The molecular formula is C18H17NO4. The maximum Gasteiger partial charge on any atom is 0.375 e. The highest BCUT2D eigenvalue weighted by Gasteiger charge is 2.21. The van der Waals surface area contributed by atoms with Crippen LogP contribution in [0.25, 0.3) is 21.7 Å². The Balaban J connectivity index is 1.98. The number of hydrogen-bond donors (Lipinski definition) is 0. The quantitative estimate of drug-likeness (QED) is 0.697. The lowest BCUT2D eigenvalue weighted by Crippen LogP contribution is -2.27. The number of hydrogen-bond acceptors (Lipinski definition) is 4. The molecule has 3 rings (SSSR count). The lowest BCUT2D eigenvalue weighted by molar-refractivity contribution is -0.132. The van der Waals surface area contributed by atoms with Crippen molar-refractivity contribution in [2.45, 2.75) is 6.92 Å². The number of furan rings is 1. The van der Waals surface area contributed by atoms with Crippen LogP contribution in [0.4, 0.5) is 0 Å². The van der Waals surface area contributed by atoms with Gasteiger partial charge >= 0.3 is 5.97 Å². The molecule has 5 heteroatoms. The summed E-state index contributed by atoms with van der Waals surface area (Å²) in [5.41, 5.74) is 1.37. The Morgan fingerprint density at radius 3 is 2.57 bits per heavy atom. The van der Waals surface area contributed by atoms with Crippen LogP contribution in [-0.4, -0.2) is 37.5 Å². The van der Waals surface area contributed by atoms with E-state index in [1.165, 1.54) is 4.90 Å². The number of rotatable bonds is 3. The number of aryl methyl sites for hydroxylation is 1. The van der Waals surface area contributed by atoms with E-state index in [9.17, 15) is 9.59 Å². The predicted molar refractivity (Wildman–Crippen MR) is 87.4 cm³/mol. The van der Waals surface area contributed by atoms with Crippen LogP contribution in [0.15, 0.2) is 40.8 Å². The fourth-order valence-electron chi connectivity index (χ4n) is 2.47. The second-order valence-corrected chi connectivity index (χ2v) is 5.58. The Morgan fingerprint density at radius 1 is 1.09 bits per heavy atom. The van der Waals surface area contributed by atoms with E-state index in [0.29, 0.717) is 11.1 Å². The number of carbonyl (C=O) groups excluding carboxylic acids is 2. The topological polar surface area (TPSA) is 59.8 Å². The van der Waals surface area contributed by atoms with Crippen LogP contribution in [0.1, 0.15) is 16.1 Å². The standard InChI is InChI=1S/C18H17NO4/c1-11-13-9-8-12-6-4-5-7-14(12)17(13)23-16(11)18(21)22-10-15(20)19(2)3/h4-9H,10H2,1-3H3. The lowest BCUT2D eigenvalue weighted by Gasteiger charge is -2.09. The van der Waals surface area contributed by atoms with E-state index in [1.807, 2.05) is 43.3 Å². The minimum atomic E-state index is -0.627. The van der Waals surface area contributed by atoms with Gasteiger partial charge in [0.05, 0.1) is 0 Å². The van der Waals surface area contributed by atoms with E-state index >= 15 is 0 Å². The van der Waals surface area contributed by atoms with Gasteiger partial charge in [0, 0.05) is 30.4 Å². The molecule has 2 aromatic carbocycles. The molecular weight excluding hydrogens is 294 g/mol. The summed E-state index contributed by atoms with van der Waals surface area (Å²) in [6.45, 7) is 1.51. The molecule has 0 fully saturated rings. The van der Waals surface area contributed by atoms with Crippen molar-refractivity contribution in [2.24, 2.45) is 0 Å². The monoisotopic (exact) mass is 311 g/mol. The molecule has 0 N–H and O–H groups in total. The Bertz CT molecular complexity index is 908. The van der Waals surface area contributed by atoms with E-state index in [4.69, 9.17) is 9.15 Å². The van der Waals surface area contributed by atoms with Crippen molar-refractivity contribution in [1.82, 2.24) is 4.90 Å². The van der Waals surface area contributed by atoms with Crippen molar-refractivity contribution in [2.75, 3.05) is 20.7 Å². The van der Waals surface area contributed by atoms with Crippen LogP contribution in [0.2, 0.25) is 0 Å². The van der Waals surface area contributed by atoms with Gasteiger partial charge in [0.25, 0.3) is 5.91 Å². The third-order valence-corrected chi connectivity index (χ3v) is 3.84. The number of likely N-dealkylation sites (N-methyl/N-ethyl adjacent to an activating group) is 1. The minimum Gasteiger partial charge on any atom is -0.450 e. The number of ether oxygens (including phenoxy) is 1. The van der Waals surface area contributed by atoms with Gasteiger partial charge in [-0.25, -0.2) is 4.79 Å². The first-order valence-corrected chi connectivity index (χ1v) is 7.27. The van der Waals surface area contributed by atoms with E-state index in [1.54, 1.807) is 14.1 Å². The summed E-state index contributed by atoms with van der Waals surface area (Å²) in [4.78, 5) is 25.1. The number of benzene rings is 2.